The van der Waals surface area contributed by atoms with E-state index in [-0.39, 0.29) is 12.5 Å². The van der Waals surface area contributed by atoms with E-state index in [1.807, 2.05) is 77.4 Å². The highest BCUT2D eigenvalue weighted by Crippen LogP contribution is 2.27. The van der Waals surface area contributed by atoms with Crippen LogP contribution in [-0.4, -0.2) is 15.5 Å². The molecule has 0 bridgehead atoms. The first-order valence-electron chi connectivity index (χ1n) is 8.58. The molecule has 4 rings (SSSR count). The number of para-hydroxylation sites is 3. The van der Waals surface area contributed by atoms with Gasteiger partial charge in [0.25, 0.3) is 0 Å². The van der Waals surface area contributed by atoms with Gasteiger partial charge in [-0.3, -0.25) is 4.79 Å². The first-order valence-corrected chi connectivity index (χ1v) is 8.58. The Morgan fingerprint density at radius 1 is 0.923 bits per heavy atom. The van der Waals surface area contributed by atoms with Crippen LogP contribution in [0.2, 0.25) is 0 Å². The van der Waals surface area contributed by atoms with Crippen molar-refractivity contribution in [2.24, 2.45) is 0 Å². The molecule has 0 atom stereocenters. The van der Waals surface area contributed by atoms with Crippen LogP contribution >= 0.6 is 0 Å². The fourth-order valence-corrected chi connectivity index (χ4v) is 3.13. The van der Waals surface area contributed by atoms with E-state index in [0.29, 0.717) is 0 Å². The number of carbonyl (C=O) groups excluding carboxylic acids is 1. The monoisotopic (exact) mass is 341 g/mol. The van der Waals surface area contributed by atoms with E-state index in [0.717, 1.165) is 33.7 Å². The highest BCUT2D eigenvalue weighted by molar-refractivity contribution is 5.92. The van der Waals surface area contributed by atoms with E-state index < -0.39 is 0 Å². The van der Waals surface area contributed by atoms with Gasteiger partial charge in [0.15, 0.2) is 0 Å². The van der Waals surface area contributed by atoms with Gasteiger partial charge < -0.3 is 9.88 Å². The third-order valence-electron chi connectivity index (χ3n) is 4.40. The van der Waals surface area contributed by atoms with Gasteiger partial charge in [0.1, 0.15) is 12.4 Å². The largest absolute Gasteiger partial charge is 0.325 e. The fraction of sp³-hybridized carbons (Fsp3) is 0.0909. The first-order chi connectivity index (χ1) is 12.7. The van der Waals surface area contributed by atoms with Gasteiger partial charge >= 0.3 is 0 Å². The van der Waals surface area contributed by atoms with E-state index in [1.165, 1.54) is 0 Å². The second-order valence-corrected chi connectivity index (χ2v) is 6.24. The van der Waals surface area contributed by atoms with Crippen molar-refractivity contribution in [1.29, 1.82) is 0 Å². The Bertz CT molecular complexity index is 1070. The maximum absolute atomic E-state index is 12.6. The number of fused-ring (bicyclic) bond motifs is 1. The molecule has 1 aromatic heterocycles. The molecule has 0 spiro atoms. The number of hydrogen-bond donors (Lipinski definition) is 1. The molecule has 0 aliphatic heterocycles. The molecule has 0 aliphatic rings. The Hall–Kier alpha value is -3.40. The normalized spacial score (nSPS) is 10.8. The summed E-state index contributed by atoms with van der Waals surface area (Å²) in [6, 6.07) is 25.5. The topological polar surface area (TPSA) is 46.9 Å². The van der Waals surface area contributed by atoms with Crippen molar-refractivity contribution in [3.63, 3.8) is 0 Å². The van der Waals surface area contributed by atoms with Crippen molar-refractivity contribution < 1.29 is 4.79 Å². The van der Waals surface area contributed by atoms with Gasteiger partial charge in [-0.15, -0.1) is 0 Å². The molecule has 3 aromatic carbocycles. The van der Waals surface area contributed by atoms with Gasteiger partial charge in [-0.05, 0) is 36.8 Å². The van der Waals surface area contributed by atoms with Crippen LogP contribution in [0.5, 0.6) is 0 Å². The quantitative estimate of drug-likeness (QED) is 0.587. The Morgan fingerprint density at radius 3 is 2.42 bits per heavy atom. The minimum Gasteiger partial charge on any atom is -0.325 e. The molecule has 128 valence electrons. The number of benzene rings is 3. The third-order valence-corrected chi connectivity index (χ3v) is 4.40. The minimum atomic E-state index is -0.0748. The lowest BCUT2D eigenvalue weighted by Crippen LogP contribution is -2.19. The molecular weight excluding hydrogens is 322 g/mol. The number of aromatic nitrogens is 2. The van der Waals surface area contributed by atoms with Crippen molar-refractivity contribution in [3.8, 4) is 11.4 Å². The molecule has 0 aliphatic carbocycles. The molecule has 4 aromatic rings. The highest BCUT2D eigenvalue weighted by Gasteiger charge is 2.16. The predicted molar refractivity (Wildman–Crippen MR) is 105 cm³/mol. The highest BCUT2D eigenvalue weighted by atomic mass is 16.1. The standard InChI is InChI=1S/C22H19N3O/c1-16-9-5-6-12-18(16)22-24-19-13-7-8-14-20(19)25(22)15-21(26)23-17-10-3-2-4-11-17/h2-14H,15H2,1H3,(H,23,26). The Kier molecular flexibility index (Phi) is 4.23. The average molecular weight is 341 g/mol. The zero-order chi connectivity index (χ0) is 17.9. The van der Waals surface area contributed by atoms with E-state index in [1.54, 1.807) is 0 Å². The summed E-state index contributed by atoms with van der Waals surface area (Å²) in [6.07, 6.45) is 0. The molecule has 0 radical (unpaired) electrons. The third kappa shape index (κ3) is 3.09. The van der Waals surface area contributed by atoms with Gasteiger partial charge in [-0.1, -0.05) is 54.6 Å². The van der Waals surface area contributed by atoms with Crippen LogP contribution in [0.15, 0.2) is 78.9 Å². The summed E-state index contributed by atoms with van der Waals surface area (Å²) in [6.45, 7) is 2.27. The average Bonchev–Trinajstić information content (AvgIpc) is 3.01. The Morgan fingerprint density at radius 2 is 1.62 bits per heavy atom. The van der Waals surface area contributed by atoms with Crippen LogP contribution < -0.4 is 5.32 Å². The van der Waals surface area contributed by atoms with Crippen LogP contribution in [0, 0.1) is 6.92 Å². The summed E-state index contributed by atoms with van der Waals surface area (Å²) in [7, 11) is 0. The second-order valence-electron chi connectivity index (χ2n) is 6.24. The number of nitrogens with one attached hydrogen (secondary N) is 1. The smallest absolute Gasteiger partial charge is 0.244 e. The minimum absolute atomic E-state index is 0.0748. The molecule has 1 heterocycles. The number of hydrogen-bond acceptors (Lipinski definition) is 2. The fourth-order valence-electron chi connectivity index (χ4n) is 3.13. The lowest BCUT2D eigenvalue weighted by atomic mass is 10.1. The van der Waals surface area contributed by atoms with Crippen LogP contribution in [0.1, 0.15) is 5.56 Å². The number of anilines is 1. The van der Waals surface area contributed by atoms with Crippen molar-refractivity contribution >= 4 is 22.6 Å². The summed E-state index contributed by atoms with van der Waals surface area (Å²) in [5.41, 5.74) is 4.80. The Labute approximate surface area is 152 Å². The molecule has 26 heavy (non-hydrogen) atoms. The SMILES string of the molecule is Cc1ccccc1-c1nc2ccccc2n1CC(=O)Nc1ccccc1. The number of carbonyl (C=O) groups is 1. The summed E-state index contributed by atoms with van der Waals surface area (Å²) in [5, 5.41) is 2.95. The number of amides is 1. The molecule has 0 saturated heterocycles. The van der Waals surface area contributed by atoms with Gasteiger partial charge in [0.2, 0.25) is 5.91 Å². The first kappa shape index (κ1) is 16.1. The van der Waals surface area contributed by atoms with Crippen molar-refractivity contribution in [2.75, 3.05) is 5.32 Å². The zero-order valence-electron chi connectivity index (χ0n) is 14.5. The van der Waals surface area contributed by atoms with Gasteiger partial charge in [0.05, 0.1) is 11.0 Å². The van der Waals surface area contributed by atoms with Crippen molar-refractivity contribution in [1.82, 2.24) is 9.55 Å². The lowest BCUT2D eigenvalue weighted by molar-refractivity contribution is -0.116. The van der Waals surface area contributed by atoms with E-state index >= 15 is 0 Å². The van der Waals surface area contributed by atoms with Crippen molar-refractivity contribution in [2.45, 2.75) is 13.5 Å². The van der Waals surface area contributed by atoms with Gasteiger partial charge in [-0.2, -0.15) is 0 Å². The maximum atomic E-state index is 12.6. The van der Waals surface area contributed by atoms with Crippen LogP contribution in [-0.2, 0) is 11.3 Å². The maximum Gasteiger partial charge on any atom is 0.244 e. The Balaban J connectivity index is 1.75. The second kappa shape index (κ2) is 6.84. The van der Waals surface area contributed by atoms with E-state index in [4.69, 9.17) is 4.98 Å². The summed E-state index contributed by atoms with van der Waals surface area (Å²) in [5.74, 6) is 0.738. The summed E-state index contributed by atoms with van der Waals surface area (Å²) in [4.78, 5) is 17.4. The molecule has 4 heteroatoms. The molecule has 1 N–H and O–H groups in total. The number of nitrogens with zero attached hydrogens (tertiary/aromatic N) is 2. The van der Waals surface area contributed by atoms with Crippen LogP contribution in [0.3, 0.4) is 0 Å². The molecular formula is C22H19N3O. The zero-order valence-corrected chi connectivity index (χ0v) is 14.5. The number of aryl methyl sites for hydroxylation is 1. The summed E-state index contributed by atoms with van der Waals surface area (Å²) >= 11 is 0. The molecule has 4 nitrogen and oxygen atoms in total. The van der Waals surface area contributed by atoms with E-state index in [9.17, 15) is 4.79 Å². The lowest BCUT2D eigenvalue weighted by Gasteiger charge is -2.11. The molecule has 1 amide bonds. The summed E-state index contributed by atoms with van der Waals surface area (Å²) < 4.78 is 1.98. The van der Waals surface area contributed by atoms with Crippen molar-refractivity contribution in [3.05, 3.63) is 84.4 Å². The number of imidazole rings is 1. The molecule has 0 fully saturated rings. The van der Waals surface area contributed by atoms with Gasteiger partial charge in [-0.25, -0.2) is 4.98 Å². The molecule has 0 unspecified atom stereocenters. The predicted octanol–water partition coefficient (Wildman–Crippen LogP) is 4.65. The number of rotatable bonds is 4. The molecule has 0 saturated carbocycles. The van der Waals surface area contributed by atoms with E-state index in [2.05, 4.69) is 18.3 Å². The van der Waals surface area contributed by atoms with Gasteiger partial charge in [0, 0.05) is 11.3 Å². The van der Waals surface area contributed by atoms with Crippen LogP contribution in [0.25, 0.3) is 22.4 Å². The van der Waals surface area contributed by atoms with Crippen LogP contribution in [0.4, 0.5) is 5.69 Å².